The highest BCUT2D eigenvalue weighted by molar-refractivity contribution is 5.33. The van der Waals surface area contributed by atoms with E-state index in [9.17, 15) is 5.11 Å². The van der Waals surface area contributed by atoms with Crippen molar-refractivity contribution in [3.63, 3.8) is 0 Å². The van der Waals surface area contributed by atoms with Crippen LogP contribution in [-0.2, 0) is 0 Å². The van der Waals surface area contributed by atoms with E-state index in [1.807, 2.05) is 31.2 Å². The molecule has 0 amide bonds. The lowest BCUT2D eigenvalue weighted by Crippen LogP contribution is -2.36. The number of hydrogen-bond donors (Lipinski definition) is 1. The molecule has 94 valence electrons. The summed E-state index contributed by atoms with van der Waals surface area (Å²) < 4.78 is 11.4. The van der Waals surface area contributed by atoms with Crippen LogP contribution >= 0.6 is 0 Å². The van der Waals surface area contributed by atoms with Crippen molar-refractivity contribution in [1.29, 1.82) is 0 Å². The van der Waals surface area contributed by atoms with Crippen LogP contribution in [-0.4, -0.2) is 23.9 Å². The van der Waals surface area contributed by atoms with Crippen molar-refractivity contribution < 1.29 is 14.6 Å². The van der Waals surface area contributed by atoms with Gasteiger partial charge in [-0.15, -0.1) is 0 Å². The number of benzene rings is 1. The highest BCUT2D eigenvalue weighted by Crippen LogP contribution is 2.34. The molecule has 0 spiro atoms. The predicted molar refractivity (Wildman–Crippen MR) is 66.5 cm³/mol. The van der Waals surface area contributed by atoms with Gasteiger partial charge in [0.1, 0.15) is 17.1 Å². The van der Waals surface area contributed by atoms with Crippen LogP contribution in [0.2, 0.25) is 0 Å². The van der Waals surface area contributed by atoms with Crippen molar-refractivity contribution in [3.05, 3.63) is 24.3 Å². The molecule has 1 saturated carbocycles. The third kappa shape index (κ3) is 2.91. The van der Waals surface area contributed by atoms with Gasteiger partial charge >= 0.3 is 0 Å². The highest BCUT2D eigenvalue weighted by Gasteiger charge is 2.35. The minimum Gasteiger partial charge on any atom is -0.494 e. The molecule has 1 aromatic carbocycles. The number of hydrogen-bond acceptors (Lipinski definition) is 3. The molecule has 0 saturated heterocycles. The molecule has 17 heavy (non-hydrogen) atoms. The second kappa shape index (κ2) is 5.41. The normalized spacial score (nSPS) is 18.0. The summed E-state index contributed by atoms with van der Waals surface area (Å²) in [7, 11) is 0. The summed E-state index contributed by atoms with van der Waals surface area (Å²) >= 11 is 0. The molecule has 3 heteroatoms. The zero-order chi connectivity index (χ0) is 12.1. The van der Waals surface area contributed by atoms with E-state index in [1.165, 1.54) is 0 Å². The van der Waals surface area contributed by atoms with Gasteiger partial charge in [0.25, 0.3) is 0 Å². The average molecular weight is 236 g/mol. The molecule has 2 rings (SSSR count). The monoisotopic (exact) mass is 236 g/mol. The number of ether oxygens (including phenoxy) is 2. The van der Waals surface area contributed by atoms with Crippen LogP contribution in [0.1, 0.15) is 32.6 Å². The van der Waals surface area contributed by atoms with Crippen molar-refractivity contribution in [2.75, 3.05) is 13.2 Å². The molecular weight excluding hydrogens is 216 g/mol. The average Bonchev–Trinajstić information content (AvgIpc) is 2.79. The lowest BCUT2D eigenvalue weighted by molar-refractivity contribution is 0.0150. The van der Waals surface area contributed by atoms with Gasteiger partial charge in [-0.3, -0.25) is 0 Å². The Morgan fingerprint density at radius 3 is 2.59 bits per heavy atom. The van der Waals surface area contributed by atoms with Gasteiger partial charge in [-0.1, -0.05) is 6.07 Å². The smallest absolute Gasteiger partial charge is 0.132 e. The van der Waals surface area contributed by atoms with Gasteiger partial charge in [-0.2, -0.15) is 0 Å². The third-order valence-electron chi connectivity index (χ3n) is 3.25. The number of rotatable bonds is 5. The van der Waals surface area contributed by atoms with E-state index in [0.717, 1.165) is 37.2 Å². The van der Waals surface area contributed by atoms with Crippen molar-refractivity contribution in [2.24, 2.45) is 0 Å². The molecule has 1 N–H and O–H groups in total. The molecule has 1 fully saturated rings. The number of aliphatic hydroxyl groups is 1. The Hall–Kier alpha value is -1.22. The summed E-state index contributed by atoms with van der Waals surface area (Å²) in [6, 6.07) is 7.63. The Labute approximate surface area is 102 Å². The minimum atomic E-state index is -0.370. The standard InChI is InChI=1S/C14H20O3/c1-2-16-12-6-5-7-13(10-12)17-14(11-15)8-3-4-9-14/h5-7,10,15H,2-4,8-9,11H2,1H3. The van der Waals surface area contributed by atoms with E-state index >= 15 is 0 Å². The maximum absolute atomic E-state index is 9.49. The van der Waals surface area contributed by atoms with Crippen molar-refractivity contribution in [1.82, 2.24) is 0 Å². The van der Waals surface area contributed by atoms with E-state index < -0.39 is 0 Å². The van der Waals surface area contributed by atoms with Crippen LogP contribution in [0.4, 0.5) is 0 Å². The van der Waals surface area contributed by atoms with E-state index in [2.05, 4.69) is 0 Å². The van der Waals surface area contributed by atoms with Crippen LogP contribution in [0, 0.1) is 0 Å². The fourth-order valence-electron chi connectivity index (χ4n) is 2.36. The maximum atomic E-state index is 9.49. The van der Waals surface area contributed by atoms with Crippen LogP contribution < -0.4 is 9.47 Å². The summed E-state index contributed by atoms with van der Waals surface area (Å²) in [6.45, 7) is 2.69. The largest absolute Gasteiger partial charge is 0.494 e. The van der Waals surface area contributed by atoms with Crippen molar-refractivity contribution in [3.8, 4) is 11.5 Å². The predicted octanol–water partition coefficient (Wildman–Crippen LogP) is 2.77. The van der Waals surface area contributed by atoms with Gasteiger partial charge in [0.05, 0.1) is 13.2 Å². The molecule has 0 aliphatic heterocycles. The molecule has 0 unspecified atom stereocenters. The SMILES string of the molecule is CCOc1cccc(OC2(CO)CCCC2)c1. The van der Waals surface area contributed by atoms with E-state index in [0.29, 0.717) is 6.61 Å². The highest BCUT2D eigenvalue weighted by atomic mass is 16.5. The van der Waals surface area contributed by atoms with Crippen LogP contribution in [0.25, 0.3) is 0 Å². The summed E-state index contributed by atoms with van der Waals surface area (Å²) in [5.41, 5.74) is -0.370. The van der Waals surface area contributed by atoms with Crippen LogP contribution in [0.3, 0.4) is 0 Å². The van der Waals surface area contributed by atoms with Gasteiger partial charge in [0.2, 0.25) is 0 Å². The topological polar surface area (TPSA) is 38.7 Å². The minimum absolute atomic E-state index is 0.0891. The van der Waals surface area contributed by atoms with E-state index in [4.69, 9.17) is 9.47 Å². The van der Waals surface area contributed by atoms with Gasteiger partial charge in [-0.05, 0) is 44.7 Å². The Balaban J connectivity index is 2.09. The first-order valence-corrected chi connectivity index (χ1v) is 6.31. The van der Waals surface area contributed by atoms with E-state index in [-0.39, 0.29) is 12.2 Å². The zero-order valence-electron chi connectivity index (χ0n) is 10.3. The summed E-state index contributed by atoms with van der Waals surface area (Å²) in [6.07, 6.45) is 4.13. The Kier molecular flexibility index (Phi) is 3.89. The van der Waals surface area contributed by atoms with Gasteiger partial charge < -0.3 is 14.6 Å². The summed E-state index contributed by atoms with van der Waals surface area (Å²) in [4.78, 5) is 0. The molecule has 0 bridgehead atoms. The van der Waals surface area contributed by atoms with Gasteiger partial charge in [0, 0.05) is 6.07 Å². The molecular formula is C14H20O3. The molecule has 0 aromatic heterocycles. The van der Waals surface area contributed by atoms with Crippen LogP contribution in [0.15, 0.2) is 24.3 Å². The Morgan fingerprint density at radius 2 is 1.94 bits per heavy atom. The molecule has 1 aliphatic carbocycles. The van der Waals surface area contributed by atoms with Crippen LogP contribution in [0.5, 0.6) is 11.5 Å². The molecule has 1 aliphatic rings. The first kappa shape index (κ1) is 12.2. The summed E-state index contributed by atoms with van der Waals surface area (Å²) in [5, 5.41) is 9.49. The van der Waals surface area contributed by atoms with Gasteiger partial charge in [-0.25, -0.2) is 0 Å². The molecule has 0 radical (unpaired) electrons. The lowest BCUT2D eigenvalue weighted by atomic mass is 10.0. The quantitative estimate of drug-likeness (QED) is 0.854. The Morgan fingerprint density at radius 1 is 1.24 bits per heavy atom. The second-order valence-electron chi connectivity index (χ2n) is 4.56. The van der Waals surface area contributed by atoms with Crippen molar-refractivity contribution in [2.45, 2.75) is 38.2 Å². The second-order valence-corrected chi connectivity index (χ2v) is 4.56. The fraction of sp³-hybridized carbons (Fsp3) is 0.571. The zero-order valence-corrected chi connectivity index (χ0v) is 10.3. The third-order valence-corrected chi connectivity index (χ3v) is 3.25. The maximum Gasteiger partial charge on any atom is 0.132 e. The first-order chi connectivity index (χ1) is 8.28. The molecule has 1 aromatic rings. The number of aliphatic hydroxyl groups excluding tert-OH is 1. The first-order valence-electron chi connectivity index (χ1n) is 6.31. The molecule has 3 nitrogen and oxygen atoms in total. The summed E-state index contributed by atoms with van der Waals surface area (Å²) in [5.74, 6) is 1.60. The van der Waals surface area contributed by atoms with Gasteiger partial charge in [0.15, 0.2) is 0 Å². The fourth-order valence-corrected chi connectivity index (χ4v) is 2.36. The molecule has 0 atom stereocenters. The van der Waals surface area contributed by atoms with E-state index in [1.54, 1.807) is 0 Å². The molecule has 0 heterocycles. The Bertz CT molecular complexity index is 356. The lowest BCUT2D eigenvalue weighted by Gasteiger charge is -2.28. The van der Waals surface area contributed by atoms with Crippen molar-refractivity contribution >= 4 is 0 Å².